The lowest BCUT2D eigenvalue weighted by Crippen LogP contribution is -3.00. The van der Waals surface area contributed by atoms with Crippen LogP contribution in [-0.2, 0) is 18.9 Å². The van der Waals surface area contributed by atoms with E-state index in [1.807, 2.05) is 0 Å². The molecule has 0 aromatic carbocycles. The second-order valence-electron chi connectivity index (χ2n) is 13.2. The zero-order valence-corrected chi connectivity index (χ0v) is 31.7. The Kier molecular flexibility index (Phi) is 32.1. The fourth-order valence-electron chi connectivity index (χ4n) is 4.10. The number of likely N-dealkylation sites (N-methyl/N-ethyl adjacent to an activating group) is 2. The third-order valence-corrected chi connectivity index (χ3v) is 6.82. The van der Waals surface area contributed by atoms with E-state index in [2.05, 4.69) is 56.1 Å². The Balaban J connectivity index is -0.00000648. The van der Waals surface area contributed by atoms with Gasteiger partial charge in [-0.05, 0) is 25.7 Å². The summed E-state index contributed by atoms with van der Waals surface area (Å²) in [4.78, 5) is 0. The summed E-state index contributed by atoms with van der Waals surface area (Å²) in [5.41, 5.74) is -0.0823. The Labute approximate surface area is 278 Å². The van der Waals surface area contributed by atoms with Crippen molar-refractivity contribution >= 4 is 0 Å². The first-order valence-electron chi connectivity index (χ1n) is 15.5. The predicted octanol–water partition coefficient (Wildman–Crippen LogP) is 0.181. The maximum atomic E-state index is 6.33. The van der Waals surface area contributed by atoms with E-state index >= 15 is 0 Å². The van der Waals surface area contributed by atoms with E-state index in [-0.39, 0.29) is 53.4 Å². The van der Waals surface area contributed by atoms with E-state index in [4.69, 9.17) is 18.9 Å². The van der Waals surface area contributed by atoms with Crippen molar-refractivity contribution in [2.75, 3.05) is 108 Å². The predicted molar refractivity (Wildman–Crippen MR) is 158 cm³/mol. The summed E-state index contributed by atoms with van der Waals surface area (Å²) in [5.74, 6) is 0. The molecule has 0 amide bonds. The lowest BCUT2D eigenvalue weighted by molar-refractivity contribution is -0.870. The maximum absolute atomic E-state index is 6.33. The first-order chi connectivity index (χ1) is 17.5. The molecule has 39 heavy (non-hydrogen) atoms. The van der Waals surface area contributed by atoms with Crippen molar-refractivity contribution in [1.29, 1.82) is 0 Å². The summed E-state index contributed by atoms with van der Waals surface area (Å²) < 4.78 is 26.6. The summed E-state index contributed by atoms with van der Waals surface area (Å²) in [6.45, 7) is 12.8. The Morgan fingerprint density at radius 3 is 1.31 bits per heavy atom. The van der Waals surface area contributed by atoms with Crippen molar-refractivity contribution < 1.29 is 75.9 Å². The molecule has 0 radical (unpaired) electrons. The maximum Gasteiger partial charge on any atom is 0.102 e. The number of hydrogen-bond donors (Lipinski definition) is 0. The van der Waals surface area contributed by atoms with Gasteiger partial charge in [0.15, 0.2) is 0 Å². The highest BCUT2D eigenvalue weighted by atomic mass is 127. The van der Waals surface area contributed by atoms with Crippen LogP contribution >= 0.6 is 0 Å². The van der Waals surface area contributed by atoms with Crippen molar-refractivity contribution in [1.82, 2.24) is 0 Å². The summed E-state index contributed by atoms with van der Waals surface area (Å²) in [5, 5.41) is 0. The van der Waals surface area contributed by atoms with Gasteiger partial charge >= 0.3 is 0 Å². The SMILES string of the molecule is CCCCCCCCOCC(CCCCCOCCCC)(COCC[N+](C)(C)C)COCC[N+](C)(C)C.[I-].[I-]. The molecule has 0 unspecified atom stereocenters. The molecule has 0 atom stereocenters. The fraction of sp³-hybridized carbons (Fsp3) is 1.00. The molecule has 0 aromatic rings. The highest BCUT2D eigenvalue weighted by Gasteiger charge is 2.32. The van der Waals surface area contributed by atoms with E-state index in [1.165, 1.54) is 44.9 Å². The van der Waals surface area contributed by atoms with Crippen LogP contribution in [0, 0.1) is 5.41 Å². The molecular weight excluding hydrogens is 718 g/mol. The second kappa shape index (κ2) is 28.0. The standard InChI is InChI=1S/C31H68N2O4.2HI/c1-9-11-13-14-15-18-25-35-28-31(29-36-26-21-32(3,4)5,30-37-27-22-33(6,7)8)20-17-16-19-24-34-23-12-10-2;;/h9-30H2,1-8H3;2*1H/q+2;;/p-2. The van der Waals surface area contributed by atoms with Crippen LogP contribution in [0.15, 0.2) is 0 Å². The third-order valence-electron chi connectivity index (χ3n) is 6.82. The molecule has 0 spiro atoms. The van der Waals surface area contributed by atoms with Gasteiger partial charge in [0.05, 0.1) is 75.3 Å². The van der Waals surface area contributed by atoms with Crippen LogP contribution in [-0.4, -0.2) is 117 Å². The van der Waals surface area contributed by atoms with Gasteiger partial charge < -0.3 is 75.9 Å². The molecule has 0 aliphatic carbocycles. The largest absolute Gasteiger partial charge is 1.00 e. The summed E-state index contributed by atoms with van der Waals surface area (Å²) in [6.07, 6.45) is 14.7. The Morgan fingerprint density at radius 1 is 0.436 bits per heavy atom. The summed E-state index contributed by atoms with van der Waals surface area (Å²) in [7, 11) is 13.3. The zero-order chi connectivity index (χ0) is 27.9. The lowest BCUT2D eigenvalue weighted by atomic mass is 9.84. The Bertz CT molecular complexity index is 456. The minimum absolute atomic E-state index is 0. The van der Waals surface area contributed by atoms with Crippen LogP contribution in [0.5, 0.6) is 0 Å². The fourth-order valence-corrected chi connectivity index (χ4v) is 4.10. The Hall–Kier alpha value is 1.22. The van der Waals surface area contributed by atoms with Crippen molar-refractivity contribution in [3.63, 3.8) is 0 Å². The quantitative estimate of drug-likeness (QED) is 0.0646. The van der Waals surface area contributed by atoms with Gasteiger partial charge in [-0.2, -0.15) is 0 Å². The first-order valence-corrected chi connectivity index (χ1v) is 15.5. The average Bonchev–Trinajstić information content (AvgIpc) is 2.81. The van der Waals surface area contributed by atoms with Gasteiger partial charge in [-0.3, -0.25) is 0 Å². The zero-order valence-electron chi connectivity index (χ0n) is 27.3. The minimum Gasteiger partial charge on any atom is -1.00 e. The minimum atomic E-state index is -0.0823. The molecule has 8 heteroatoms. The van der Waals surface area contributed by atoms with Gasteiger partial charge in [-0.25, -0.2) is 0 Å². The van der Waals surface area contributed by atoms with Crippen molar-refractivity contribution in [3.05, 3.63) is 0 Å². The molecule has 0 aliphatic rings. The second-order valence-corrected chi connectivity index (χ2v) is 13.2. The monoisotopic (exact) mass is 786 g/mol. The van der Waals surface area contributed by atoms with E-state index in [0.717, 1.165) is 93.8 Å². The van der Waals surface area contributed by atoms with E-state index in [1.54, 1.807) is 0 Å². The van der Waals surface area contributed by atoms with Gasteiger partial charge in [0.2, 0.25) is 0 Å². The van der Waals surface area contributed by atoms with E-state index in [0.29, 0.717) is 13.2 Å². The third kappa shape index (κ3) is 32.0. The molecule has 0 saturated heterocycles. The highest BCUT2D eigenvalue weighted by Crippen LogP contribution is 2.28. The molecule has 0 saturated carbocycles. The number of unbranched alkanes of at least 4 members (excludes halogenated alkanes) is 8. The molecule has 0 heterocycles. The lowest BCUT2D eigenvalue weighted by Gasteiger charge is -2.34. The van der Waals surface area contributed by atoms with E-state index < -0.39 is 0 Å². The molecule has 0 bridgehead atoms. The topological polar surface area (TPSA) is 36.9 Å². The van der Waals surface area contributed by atoms with Crippen LogP contribution in [0.2, 0.25) is 0 Å². The van der Waals surface area contributed by atoms with Gasteiger partial charge in [-0.15, -0.1) is 0 Å². The number of quaternary nitrogens is 2. The number of nitrogens with zero attached hydrogens (tertiary/aromatic N) is 2. The molecule has 0 N–H and O–H groups in total. The van der Waals surface area contributed by atoms with Gasteiger partial charge in [0.25, 0.3) is 0 Å². The van der Waals surface area contributed by atoms with Gasteiger partial charge in [0, 0.05) is 25.2 Å². The molecular formula is C31H68I2N2O4. The van der Waals surface area contributed by atoms with Crippen molar-refractivity contribution in [2.45, 2.75) is 90.9 Å². The number of rotatable bonds is 28. The molecule has 6 nitrogen and oxygen atoms in total. The van der Waals surface area contributed by atoms with Crippen LogP contribution in [0.4, 0.5) is 0 Å². The van der Waals surface area contributed by atoms with Crippen LogP contribution in [0.3, 0.4) is 0 Å². The molecule has 0 rings (SSSR count). The molecule has 240 valence electrons. The Morgan fingerprint density at radius 2 is 0.821 bits per heavy atom. The first kappa shape index (κ1) is 44.7. The van der Waals surface area contributed by atoms with Crippen LogP contribution in [0.25, 0.3) is 0 Å². The molecule has 0 aromatic heterocycles. The number of halogens is 2. The normalized spacial score (nSPS) is 12.3. The molecule has 0 fully saturated rings. The average molecular weight is 787 g/mol. The number of ether oxygens (including phenoxy) is 4. The number of hydrogen-bond acceptors (Lipinski definition) is 4. The van der Waals surface area contributed by atoms with Gasteiger partial charge in [0.1, 0.15) is 13.1 Å². The summed E-state index contributed by atoms with van der Waals surface area (Å²) in [6, 6.07) is 0. The summed E-state index contributed by atoms with van der Waals surface area (Å²) >= 11 is 0. The van der Waals surface area contributed by atoms with Gasteiger partial charge in [-0.1, -0.05) is 65.2 Å². The van der Waals surface area contributed by atoms with Crippen LogP contribution < -0.4 is 48.0 Å². The smallest absolute Gasteiger partial charge is 0.102 e. The molecule has 0 aliphatic heterocycles. The van der Waals surface area contributed by atoms with Crippen molar-refractivity contribution in [2.24, 2.45) is 5.41 Å². The van der Waals surface area contributed by atoms with E-state index in [9.17, 15) is 0 Å². The highest BCUT2D eigenvalue weighted by molar-refractivity contribution is 4.80. The van der Waals surface area contributed by atoms with Crippen LogP contribution in [0.1, 0.15) is 90.9 Å². The van der Waals surface area contributed by atoms with Crippen molar-refractivity contribution in [3.8, 4) is 0 Å².